The van der Waals surface area contributed by atoms with Gasteiger partial charge in [0.2, 0.25) is 6.79 Å². The Morgan fingerprint density at radius 1 is 1.32 bits per heavy atom. The first-order valence-corrected chi connectivity index (χ1v) is 10.3. The van der Waals surface area contributed by atoms with Crippen molar-refractivity contribution in [2.24, 2.45) is 5.73 Å². The minimum absolute atomic E-state index is 0.253. The predicted octanol–water partition coefficient (Wildman–Crippen LogP) is 4.14. The fourth-order valence-electron chi connectivity index (χ4n) is 3.72. The Bertz CT molecular complexity index is 1010. The molecular weight excluding hydrogens is 374 g/mol. The number of hydrogen-bond acceptors (Lipinski definition) is 5. The lowest BCUT2D eigenvalue weighted by Gasteiger charge is -2.13. The van der Waals surface area contributed by atoms with Crippen LogP contribution in [0.3, 0.4) is 0 Å². The molecule has 0 fully saturated rings. The van der Waals surface area contributed by atoms with E-state index in [1.54, 1.807) is 6.20 Å². The van der Waals surface area contributed by atoms with Gasteiger partial charge in [0.1, 0.15) is 5.01 Å². The lowest BCUT2D eigenvalue weighted by molar-refractivity contribution is 0.1000. The molecule has 0 radical (unpaired) electrons. The summed E-state index contributed by atoms with van der Waals surface area (Å²) in [6.07, 6.45) is 4.72. The number of amides is 1. The third-order valence-electron chi connectivity index (χ3n) is 5.07. The van der Waals surface area contributed by atoms with E-state index >= 15 is 0 Å². The summed E-state index contributed by atoms with van der Waals surface area (Å²) in [7, 11) is 0. The first kappa shape index (κ1) is 18.6. The molecule has 3 heterocycles. The third-order valence-corrected chi connectivity index (χ3v) is 5.86. The Hall–Kier alpha value is -2.80. The Balaban J connectivity index is 1.83. The van der Waals surface area contributed by atoms with E-state index in [4.69, 9.17) is 15.2 Å². The van der Waals surface area contributed by atoms with Crippen molar-refractivity contribution < 1.29 is 14.3 Å². The van der Waals surface area contributed by atoms with Crippen LogP contribution in [-0.2, 0) is 13.0 Å². The molecule has 146 valence electrons. The molecule has 6 nitrogen and oxygen atoms in total. The van der Waals surface area contributed by atoms with Gasteiger partial charge in [-0.15, -0.1) is 11.3 Å². The summed E-state index contributed by atoms with van der Waals surface area (Å²) in [5, 5.41) is 2.77. The number of ether oxygens (including phenoxy) is 2. The van der Waals surface area contributed by atoms with Gasteiger partial charge in [0.05, 0.1) is 5.56 Å². The third kappa shape index (κ3) is 3.26. The highest BCUT2D eigenvalue weighted by atomic mass is 32.1. The number of nitrogens with zero attached hydrogens (tertiary/aromatic N) is 2. The standard InChI is InChI=1S/C21H23N3O3S/c1-3-4-5-15-19(21-23-8-9-28-21)18(20(22)25)13(2)24(15)11-14-6-7-16-17(10-14)27-12-26-16/h6-10H,3-5,11-12H2,1-2H3,(H2,22,25). The Labute approximate surface area is 167 Å². The van der Waals surface area contributed by atoms with Crippen LogP contribution < -0.4 is 15.2 Å². The average molecular weight is 398 g/mol. The van der Waals surface area contributed by atoms with Gasteiger partial charge in [0.25, 0.3) is 5.91 Å². The van der Waals surface area contributed by atoms with Gasteiger partial charge in [-0.05, 0) is 37.5 Å². The number of carbonyl (C=O) groups is 1. The highest BCUT2D eigenvalue weighted by Crippen LogP contribution is 2.37. The van der Waals surface area contributed by atoms with Crippen LogP contribution in [0.15, 0.2) is 29.8 Å². The highest BCUT2D eigenvalue weighted by molar-refractivity contribution is 7.13. The Kier molecular flexibility index (Phi) is 5.09. The minimum atomic E-state index is -0.412. The number of primary amides is 1. The zero-order chi connectivity index (χ0) is 19.7. The second kappa shape index (κ2) is 7.67. The van der Waals surface area contributed by atoms with Crippen molar-refractivity contribution in [2.75, 3.05) is 6.79 Å². The van der Waals surface area contributed by atoms with Crippen LogP contribution in [-0.4, -0.2) is 22.3 Å². The number of aromatic nitrogens is 2. The Morgan fingerprint density at radius 3 is 2.86 bits per heavy atom. The maximum atomic E-state index is 12.3. The maximum absolute atomic E-state index is 12.3. The van der Waals surface area contributed by atoms with Gasteiger partial charge in [-0.2, -0.15) is 0 Å². The maximum Gasteiger partial charge on any atom is 0.251 e. The molecule has 0 bridgehead atoms. The molecule has 0 saturated heterocycles. The molecule has 1 aliphatic heterocycles. The first-order valence-electron chi connectivity index (χ1n) is 9.40. The summed E-state index contributed by atoms with van der Waals surface area (Å²) < 4.78 is 13.1. The van der Waals surface area contributed by atoms with Crippen LogP contribution in [0.4, 0.5) is 0 Å². The zero-order valence-corrected chi connectivity index (χ0v) is 16.8. The largest absolute Gasteiger partial charge is 0.454 e. The number of hydrogen-bond donors (Lipinski definition) is 1. The topological polar surface area (TPSA) is 79.4 Å². The number of fused-ring (bicyclic) bond motifs is 1. The van der Waals surface area contributed by atoms with Crippen LogP contribution >= 0.6 is 11.3 Å². The van der Waals surface area contributed by atoms with E-state index in [0.717, 1.165) is 58.3 Å². The molecule has 1 aliphatic rings. The molecule has 1 aromatic carbocycles. The SMILES string of the molecule is CCCCc1c(-c2nccs2)c(C(N)=O)c(C)n1Cc1ccc2c(c1)OCO2. The monoisotopic (exact) mass is 397 g/mol. The van der Waals surface area contributed by atoms with E-state index in [1.165, 1.54) is 11.3 Å². The summed E-state index contributed by atoms with van der Waals surface area (Å²) >= 11 is 1.53. The van der Waals surface area contributed by atoms with E-state index in [1.807, 2.05) is 30.5 Å². The van der Waals surface area contributed by atoms with Crippen molar-refractivity contribution in [3.63, 3.8) is 0 Å². The van der Waals surface area contributed by atoms with Crippen LogP contribution in [0.5, 0.6) is 11.5 Å². The number of benzene rings is 1. The number of thiazole rings is 1. The summed E-state index contributed by atoms with van der Waals surface area (Å²) in [6.45, 7) is 5.01. The van der Waals surface area contributed by atoms with E-state index in [0.29, 0.717) is 12.1 Å². The number of carbonyl (C=O) groups excluding carboxylic acids is 1. The number of unbranched alkanes of at least 4 members (excludes halogenated alkanes) is 1. The highest BCUT2D eigenvalue weighted by Gasteiger charge is 2.26. The molecule has 2 aromatic heterocycles. The average Bonchev–Trinajstić information content (AvgIpc) is 3.40. The Morgan fingerprint density at radius 2 is 2.14 bits per heavy atom. The van der Waals surface area contributed by atoms with Crippen molar-refractivity contribution in [3.8, 4) is 22.1 Å². The molecule has 0 aliphatic carbocycles. The van der Waals surface area contributed by atoms with Crippen molar-refractivity contribution in [2.45, 2.75) is 39.7 Å². The van der Waals surface area contributed by atoms with E-state index < -0.39 is 5.91 Å². The second-order valence-corrected chi connectivity index (χ2v) is 7.76. The van der Waals surface area contributed by atoms with E-state index in [9.17, 15) is 4.79 Å². The molecule has 3 aromatic rings. The van der Waals surface area contributed by atoms with Crippen molar-refractivity contribution in [3.05, 3.63) is 52.3 Å². The lowest BCUT2D eigenvalue weighted by atomic mass is 10.1. The molecule has 2 N–H and O–H groups in total. The first-order chi connectivity index (χ1) is 13.6. The normalized spacial score (nSPS) is 12.5. The quantitative estimate of drug-likeness (QED) is 0.650. The molecule has 0 unspecified atom stereocenters. The van der Waals surface area contributed by atoms with E-state index in [-0.39, 0.29) is 6.79 Å². The van der Waals surface area contributed by atoms with Crippen LogP contribution in [0.25, 0.3) is 10.6 Å². The minimum Gasteiger partial charge on any atom is -0.454 e. The number of rotatable bonds is 7. The summed E-state index contributed by atoms with van der Waals surface area (Å²) in [5.74, 6) is 1.11. The van der Waals surface area contributed by atoms with Crippen LogP contribution in [0, 0.1) is 6.92 Å². The van der Waals surface area contributed by atoms with Gasteiger partial charge < -0.3 is 19.8 Å². The summed E-state index contributed by atoms with van der Waals surface area (Å²) in [4.78, 5) is 16.8. The molecule has 7 heteroatoms. The zero-order valence-electron chi connectivity index (χ0n) is 16.0. The van der Waals surface area contributed by atoms with Gasteiger partial charge in [-0.1, -0.05) is 19.4 Å². The van der Waals surface area contributed by atoms with Crippen LogP contribution in [0.2, 0.25) is 0 Å². The van der Waals surface area contributed by atoms with Gasteiger partial charge in [0.15, 0.2) is 11.5 Å². The molecule has 4 rings (SSSR count). The van der Waals surface area contributed by atoms with Gasteiger partial charge in [-0.3, -0.25) is 4.79 Å². The van der Waals surface area contributed by atoms with E-state index in [2.05, 4.69) is 16.5 Å². The second-order valence-electron chi connectivity index (χ2n) is 6.86. The van der Waals surface area contributed by atoms with Crippen LogP contribution in [0.1, 0.15) is 47.1 Å². The molecule has 1 amide bonds. The molecular formula is C21H23N3O3S. The van der Waals surface area contributed by atoms with Crippen molar-refractivity contribution >= 4 is 17.2 Å². The van der Waals surface area contributed by atoms with Gasteiger partial charge in [-0.25, -0.2) is 4.98 Å². The predicted molar refractivity (Wildman–Crippen MR) is 109 cm³/mol. The summed E-state index contributed by atoms with van der Waals surface area (Å²) in [5.41, 5.74) is 10.3. The number of nitrogens with two attached hydrogens (primary N) is 1. The lowest BCUT2D eigenvalue weighted by Crippen LogP contribution is -2.13. The molecule has 28 heavy (non-hydrogen) atoms. The fourth-order valence-corrected chi connectivity index (χ4v) is 4.43. The van der Waals surface area contributed by atoms with Gasteiger partial charge in [0, 0.05) is 35.1 Å². The molecule has 0 spiro atoms. The van der Waals surface area contributed by atoms with Crippen molar-refractivity contribution in [1.29, 1.82) is 0 Å². The fraction of sp³-hybridized carbons (Fsp3) is 0.333. The summed E-state index contributed by atoms with van der Waals surface area (Å²) in [6, 6.07) is 5.96. The molecule has 0 atom stereocenters. The smallest absolute Gasteiger partial charge is 0.251 e. The molecule has 0 saturated carbocycles. The van der Waals surface area contributed by atoms with Gasteiger partial charge >= 0.3 is 0 Å². The van der Waals surface area contributed by atoms with Crippen molar-refractivity contribution in [1.82, 2.24) is 9.55 Å².